The third-order valence-corrected chi connectivity index (χ3v) is 7.31. The van der Waals surface area contributed by atoms with Crippen LogP contribution in [0.15, 0.2) is 42.5 Å². The third kappa shape index (κ3) is 5.65. The van der Waals surface area contributed by atoms with Gasteiger partial charge >= 0.3 is 6.03 Å². The lowest BCUT2D eigenvalue weighted by Gasteiger charge is -2.26. The van der Waals surface area contributed by atoms with Gasteiger partial charge in [0.25, 0.3) is 0 Å². The minimum Gasteiger partial charge on any atom is -0.312 e. The molecule has 0 aliphatic carbocycles. The fraction of sp³-hybridized carbons (Fsp3) is 0.385. The molecule has 2 N–H and O–H groups in total. The Balaban J connectivity index is 1.48. The number of nitrogens with zero attached hydrogens (tertiary/aromatic N) is 3. The summed E-state index contributed by atoms with van der Waals surface area (Å²) in [5.41, 5.74) is 3.91. The highest BCUT2D eigenvalue weighted by Crippen LogP contribution is 2.33. The Hall–Kier alpha value is -2.97. The number of hydrogen-bond acceptors (Lipinski definition) is 5. The lowest BCUT2D eigenvalue weighted by atomic mass is 9.93. The molecule has 1 unspecified atom stereocenters. The molecular weight excluding hydrogens is 482 g/mol. The van der Waals surface area contributed by atoms with Crippen LogP contribution in [-0.2, 0) is 4.79 Å². The van der Waals surface area contributed by atoms with Gasteiger partial charge in [0.15, 0.2) is 0 Å². The zero-order valence-corrected chi connectivity index (χ0v) is 21.9. The normalized spacial score (nSPS) is 15.6. The highest BCUT2D eigenvalue weighted by atomic mass is 35.5. The number of aromatic nitrogens is 2. The van der Waals surface area contributed by atoms with E-state index in [0.717, 1.165) is 28.8 Å². The fourth-order valence-corrected chi connectivity index (χ4v) is 5.21. The fourth-order valence-electron chi connectivity index (χ4n) is 4.33. The molecule has 7 nitrogen and oxygen atoms in total. The predicted molar refractivity (Wildman–Crippen MR) is 142 cm³/mol. The standard InChI is InChI=1S/C26H30ClN5O2S/c1-15(2)19-7-5-8-20(16(3)4)22(19)28-26(34)32-14-6-9-21(32)23(33)29-25-31-30-24(35-25)17-10-12-18(27)13-11-17/h5,7-8,10-13,15-16,21H,6,9,14H2,1-4H3,(H,28,34)(H,29,31,33). The van der Waals surface area contributed by atoms with Gasteiger partial charge < -0.3 is 10.2 Å². The number of urea groups is 1. The summed E-state index contributed by atoms with van der Waals surface area (Å²) < 4.78 is 0. The predicted octanol–water partition coefficient (Wildman–Crippen LogP) is 6.74. The summed E-state index contributed by atoms with van der Waals surface area (Å²) in [5.74, 6) is 0.264. The average molecular weight is 512 g/mol. The van der Waals surface area contributed by atoms with Crippen molar-refractivity contribution in [2.24, 2.45) is 0 Å². The molecular formula is C26H30ClN5O2S. The zero-order chi connectivity index (χ0) is 25.1. The Labute approximate surface area is 214 Å². The second-order valence-corrected chi connectivity index (χ2v) is 10.7. The minimum absolute atomic E-state index is 0.252. The number of carbonyl (C=O) groups is 2. The van der Waals surface area contributed by atoms with E-state index < -0.39 is 6.04 Å². The largest absolute Gasteiger partial charge is 0.322 e. The summed E-state index contributed by atoms with van der Waals surface area (Å²) >= 11 is 7.24. The molecule has 2 heterocycles. The van der Waals surface area contributed by atoms with Gasteiger partial charge in [-0.05, 0) is 47.9 Å². The molecule has 1 aromatic heterocycles. The van der Waals surface area contributed by atoms with E-state index in [-0.39, 0.29) is 23.8 Å². The molecule has 2 aromatic carbocycles. The van der Waals surface area contributed by atoms with Gasteiger partial charge in [0.2, 0.25) is 11.0 Å². The van der Waals surface area contributed by atoms with Crippen molar-refractivity contribution in [2.45, 2.75) is 58.4 Å². The molecule has 1 saturated heterocycles. The molecule has 35 heavy (non-hydrogen) atoms. The average Bonchev–Trinajstić information content (AvgIpc) is 3.49. The molecule has 0 bridgehead atoms. The van der Waals surface area contributed by atoms with E-state index in [1.807, 2.05) is 30.3 Å². The molecule has 0 radical (unpaired) electrons. The van der Waals surface area contributed by atoms with Gasteiger partial charge in [0.05, 0.1) is 0 Å². The van der Waals surface area contributed by atoms with Crippen LogP contribution in [0.25, 0.3) is 10.6 Å². The van der Waals surface area contributed by atoms with Crippen LogP contribution in [0, 0.1) is 0 Å². The van der Waals surface area contributed by atoms with Crippen LogP contribution in [0.3, 0.4) is 0 Å². The van der Waals surface area contributed by atoms with E-state index in [1.165, 1.54) is 11.3 Å². The van der Waals surface area contributed by atoms with Crippen molar-refractivity contribution in [3.05, 3.63) is 58.6 Å². The summed E-state index contributed by atoms with van der Waals surface area (Å²) in [4.78, 5) is 28.1. The number of rotatable bonds is 6. The van der Waals surface area contributed by atoms with E-state index in [0.29, 0.717) is 28.1 Å². The van der Waals surface area contributed by atoms with Crippen molar-refractivity contribution < 1.29 is 9.59 Å². The minimum atomic E-state index is -0.563. The first-order valence-corrected chi connectivity index (χ1v) is 13.0. The van der Waals surface area contributed by atoms with Gasteiger partial charge in [-0.2, -0.15) is 0 Å². The van der Waals surface area contributed by atoms with E-state index in [1.54, 1.807) is 17.0 Å². The summed E-state index contributed by atoms with van der Waals surface area (Å²) in [6.07, 6.45) is 1.37. The number of para-hydroxylation sites is 1. The van der Waals surface area contributed by atoms with Crippen LogP contribution in [0.1, 0.15) is 63.5 Å². The number of nitrogens with one attached hydrogen (secondary N) is 2. The molecule has 1 aliphatic heterocycles. The van der Waals surface area contributed by atoms with Gasteiger partial charge in [0.1, 0.15) is 11.0 Å². The van der Waals surface area contributed by atoms with Crippen LogP contribution in [-0.4, -0.2) is 39.6 Å². The highest BCUT2D eigenvalue weighted by molar-refractivity contribution is 7.18. The van der Waals surface area contributed by atoms with Gasteiger partial charge in [-0.15, -0.1) is 10.2 Å². The molecule has 0 spiro atoms. The SMILES string of the molecule is CC(C)c1cccc(C(C)C)c1NC(=O)N1CCCC1C(=O)Nc1nnc(-c2ccc(Cl)cc2)s1. The number of carbonyl (C=O) groups excluding carboxylic acids is 2. The van der Waals surface area contributed by atoms with Gasteiger partial charge in [0, 0.05) is 22.8 Å². The number of halogens is 1. The zero-order valence-electron chi connectivity index (χ0n) is 20.3. The Morgan fingerprint density at radius 1 is 1.00 bits per heavy atom. The Morgan fingerprint density at radius 2 is 1.66 bits per heavy atom. The molecule has 1 atom stereocenters. The second-order valence-electron chi connectivity index (χ2n) is 9.31. The van der Waals surface area contributed by atoms with Gasteiger partial charge in [-0.25, -0.2) is 4.79 Å². The summed E-state index contributed by atoms with van der Waals surface area (Å²) in [6.45, 7) is 8.98. The van der Waals surface area contributed by atoms with Crippen molar-refractivity contribution in [1.82, 2.24) is 15.1 Å². The summed E-state index contributed by atoms with van der Waals surface area (Å²) in [6, 6.07) is 12.6. The van der Waals surface area contributed by atoms with E-state index >= 15 is 0 Å². The first-order valence-electron chi connectivity index (χ1n) is 11.8. The number of amides is 3. The molecule has 184 valence electrons. The smallest absolute Gasteiger partial charge is 0.312 e. The summed E-state index contributed by atoms with van der Waals surface area (Å²) in [7, 11) is 0. The Bertz CT molecular complexity index is 1180. The first kappa shape index (κ1) is 25.1. The monoisotopic (exact) mass is 511 g/mol. The van der Waals surface area contributed by atoms with Crippen molar-refractivity contribution in [2.75, 3.05) is 17.2 Å². The molecule has 4 rings (SSSR count). The summed E-state index contributed by atoms with van der Waals surface area (Å²) in [5, 5.41) is 16.0. The first-order chi connectivity index (χ1) is 16.7. The van der Waals surface area contributed by atoms with Crippen LogP contribution >= 0.6 is 22.9 Å². The number of hydrogen-bond donors (Lipinski definition) is 2. The maximum absolute atomic E-state index is 13.3. The second kappa shape index (κ2) is 10.7. The van der Waals surface area contributed by atoms with E-state index in [9.17, 15) is 9.59 Å². The number of benzene rings is 2. The van der Waals surface area contributed by atoms with Gasteiger partial charge in [-0.3, -0.25) is 10.1 Å². The van der Waals surface area contributed by atoms with Crippen molar-refractivity contribution in [1.29, 1.82) is 0 Å². The maximum atomic E-state index is 13.3. The third-order valence-electron chi connectivity index (χ3n) is 6.17. The lowest BCUT2D eigenvalue weighted by molar-refractivity contribution is -0.119. The Kier molecular flexibility index (Phi) is 7.72. The Morgan fingerprint density at radius 3 is 2.29 bits per heavy atom. The molecule has 1 fully saturated rings. The van der Waals surface area contributed by atoms with Crippen LogP contribution in [0.2, 0.25) is 5.02 Å². The molecule has 3 amide bonds. The highest BCUT2D eigenvalue weighted by Gasteiger charge is 2.35. The van der Waals surface area contributed by atoms with Crippen molar-refractivity contribution in [3.8, 4) is 10.6 Å². The van der Waals surface area contributed by atoms with Crippen molar-refractivity contribution in [3.63, 3.8) is 0 Å². The molecule has 0 saturated carbocycles. The van der Waals surface area contributed by atoms with Crippen LogP contribution < -0.4 is 10.6 Å². The molecule has 9 heteroatoms. The molecule has 3 aromatic rings. The number of likely N-dealkylation sites (tertiary alicyclic amines) is 1. The van der Waals surface area contributed by atoms with Gasteiger partial charge in [-0.1, -0.05) is 81.0 Å². The topological polar surface area (TPSA) is 87.2 Å². The maximum Gasteiger partial charge on any atom is 0.322 e. The van der Waals surface area contributed by atoms with E-state index in [4.69, 9.17) is 11.6 Å². The molecule has 1 aliphatic rings. The van der Waals surface area contributed by atoms with Crippen molar-refractivity contribution >= 4 is 45.7 Å². The van der Waals surface area contributed by atoms with E-state index in [2.05, 4.69) is 48.5 Å². The number of anilines is 2. The van der Waals surface area contributed by atoms with Crippen LogP contribution in [0.4, 0.5) is 15.6 Å². The van der Waals surface area contributed by atoms with Crippen LogP contribution in [0.5, 0.6) is 0 Å². The lowest BCUT2D eigenvalue weighted by Crippen LogP contribution is -2.45. The quantitative estimate of drug-likeness (QED) is 0.383.